The van der Waals surface area contributed by atoms with E-state index in [1.165, 1.54) is 18.5 Å². The molecule has 3 aromatic rings. The summed E-state index contributed by atoms with van der Waals surface area (Å²) in [7, 11) is 1.57. The van der Waals surface area contributed by atoms with Crippen LogP contribution < -0.4 is 10.6 Å². The Kier molecular flexibility index (Phi) is 5.02. The Morgan fingerprint density at radius 2 is 2.15 bits per heavy atom. The van der Waals surface area contributed by atoms with Crippen molar-refractivity contribution < 1.29 is 9.13 Å². The van der Waals surface area contributed by atoms with E-state index in [9.17, 15) is 4.39 Å². The number of aryl methyl sites for hydroxylation is 1. The van der Waals surface area contributed by atoms with Gasteiger partial charge in [-0.15, -0.1) is 0 Å². The second-order valence-electron chi connectivity index (χ2n) is 5.39. The van der Waals surface area contributed by atoms with Gasteiger partial charge in [0.2, 0.25) is 5.95 Å². The van der Waals surface area contributed by atoms with Crippen molar-refractivity contribution in [1.29, 1.82) is 0 Å². The number of halogens is 1. The Hall–Kier alpha value is -3.55. The van der Waals surface area contributed by atoms with Crippen LogP contribution in [0.25, 0.3) is 5.69 Å². The summed E-state index contributed by atoms with van der Waals surface area (Å²) in [6, 6.07) is 8.57. The van der Waals surface area contributed by atoms with Crippen LogP contribution in [0.3, 0.4) is 0 Å². The van der Waals surface area contributed by atoms with Crippen molar-refractivity contribution in [2.24, 2.45) is 15.9 Å². The van der Waals surface area contributed by atoms with Gasteiger partial charge in [0.15, 0.2) is 0 Å². The zero-order valence-electron chi connectivity index (χ0n) is 14.3. The van der Waals surface area contributed by atoms with Gasteiger partial charge >= 0.3 is 0 Å². The minimum atomic E-state index is -0.663. The fourth-order valence-corrected chi connectivity index (χ4v) is 2.39. The maximum Gasteiger partial charge on any atom is 0.238 e. The van der Waals surface area contributed by atoms with Gasteiger partial charge < -0.3 is 15.1 Å². The Balaban J connectivity index is 1.93. The van der Waals surface area contributed by atoms with Crippen LogP contribution in [-0.2, 0) is 0 Å². The first kappa shape index (κ1) is 17.3. The molecule has 0 aliphatic heterocycles. The van der Waals surface area contributed by atoms with Gasteiger partial charge in [-0.05, 0) is 31.2 Å². The number of hydrogen-bond donors (Lipinski definition) is 1. The average Bonchev–Trinajstić information content (AvgIpc) is 3.09. The third-order valence-electron chi connectivity index (χ3n) is 3.67. The monoisotopic (exact) mass is 352 g/mol. The number of nitrogens with zero attached hydrogens (tertiary/aromatic N) is 5. The predicted molar refractivity (Wildman–Crippen MR) is 97.9 cm³/mol. The van der Waals surface area contributed by atoms with Crippen LogP contribution in [0.5, 0.6) is 5.75 Å². The highest BCUT2D eigenvalue weighted by molar-refractivity contribution is 6.38. The molecule has 0 amide bonds. The summed E-state index contributed by atoms with van der Waals surface area (Å²) in [5, 5.41) is 3.73. The van der Waals surface area contributed by atoms with Gasteiger partial charge in [0.05, 0.1) is 31.0 Å². The second kappa shape index (κ2) is 7.56. The summed E-state index contributed by atoms with van der Waals surface area (Å²) in [5.41, 5.74) is 2.87. The van der Waals surface area contributed by atoms with E-state index in [1.54, 1.807) is 25.6 Å². The van der Waals surface area contributed by atoms with Crippen LogP contribution in [0.15, 0.2) is 59.1 Å². The SMILES string of the molecule is COc1cc(/C(C=Nc2cccnc2F)=N/N)ccc1-n1cnc(C)c1. The largest absolute Gasteiger partial charge is 0.495 e. The first-order valence-electron chi connectivity index (χ1n) is 7.74. The van der Waals surface area contributed by atoms with Gasteiger partial charge in [0.25, 0.3) is 0 Å². The molecule has 132 valence electrons. The molecule has 2 aromatic heterocycles. The number of aromatic nitrogens is 3. The van der Waals surface area contributed by atoms with Gasteiger partial charge in [-0.2, -0.15) is 9.49 Å². The third kappa shape index (κ3) is 3.59. The second-order valence-corrected chi connectivity index (χ2v) is 5.39. The molecule has 0 aliphatic carbocycles. The van der Waals surface area contributed by atoms with Crippen molar-refractivity contribution >= 4 is 17.6 Å². The number of ether oxygens (including phenoxy) is 1. The molecular weight excluding hydrogens is 335 g/mol. The summed E-state index contributed by atoms with van der Waals surface area (Å²) in [6.07, 6.45) is 6.34. The molecular formula is C18H17FN6O. The van der Waals surface area contributed by atoms with Crippen molar-refractivity contribution in [3.63, 3.8) is 0 Å². The van der Waals surface area contributed by atoms with E-state index >= 15 is 0 Å². The van der Waals surface area contributed by atoms with Crippen molar-refractivity contribution in [2.75, 3.05) is 7.11 Å². The molecule has 26 heavy (non-hydrogen) atoms. The van der Waals surface area contributed by atoms with E-state index in [0.29, 0.717) is 17.0 Å². The molecule has 2 N–H and O–H groups in total. The van der Waals surface area contributed by atoms with E-state index in [1.807, 2.05) is 29.8 Å². The lowest BCUT2D eigenvalue weighted by Crippen LogP contribution is -2.07. The molecule has 2 heterocycles. The van der Waals surface area contributed by atoms with E-state index in [2.05, 4.69) is 20.1 Å². The van der Waals surface area contributed by atoms with Crippen LogP contribution >= 0.6 is 0 Å². The molecule has 8 heteroatoms. The molecule has 0 fully saturated rings. The number of imidazole rings is 1. The highest BCUT2D eigenvalue weighted by atomic mass is 19.1. The molecule has 0 saturated carbocycles. The number of hydrazone groups is 1. The lowest BCUT2D eigenvalue weighted by atomic mass is 10.1. The summed E-state index contributed by atoms with van der Waals surface area (Å²) >= 11 is 0. The van der Waals surface area contributed by atoms with Gasteiger partial charge in [-0.3, -0.25) is 0 Å². The first-order chi connectivity index (χ1) is 12.6. The number of benzene rings is 1. The van der Waals surface area contributed by atoms with Crippen molar-refractivity contribution in [3.05, 3.63) is 66.3 Å². The molecule has 1 aromatic carbocycles. The van der Waals surface area contributed by atoms with E-state index in [0.717, 1.165) is 11.4 Å². The van der Waals surface area contributed by atoms with Gasteiger partial charge in [0.1, 0.15) is 17.1 Å². The minimum absolute atomic E-state index is 0.103. The predicted octanol–water partition coefficient (Wildman–Crippen LogP) is 2.79. The standard InChI is InChI=1S/C18H17FN6O/c1-12-10-25(11-23-12)16-6-5-13(8-17(16)26-2)15(24-20)9-22-14-4-3-7-21-18(14)19/h3-11H,20H2,1-2H3/b22-9?,24-15+. The molecule has 0 bridgehead atoms. The lowest BCUT2D eigenvalue weighted by molar-refractivity contribution is 0.413. The van der Waals surface area contributed by atoms with Crippen LogP contribution in [0.1, 0.15) is 11.3 Å². The molecule has 0 spiro atoms. The molecule has 0 aliphatic rings. The van der Waals surface area contributed by atoms with E-state index < -0.39 is 5.95 Å². The molecule has 0 atom stereocenters. The van der Waals surface area contributed by atoms with Crippen molar-refractivity contribution in [2.45, 2.75) is 6.92 Å². The summed E-state index contributed by atoms with van der Waals surface area (Å²) in [5.74, 6) is 5.43. The summed E-state index contributed by atoms with van der Waals surface area (Å²) in [6.45, 7) is 1.91. The van der Waals surface area contributed by atoms with Crippen molar-refractivity contribution in [3.8, 4) is 11.4 Å². The zero-order valence-corrected chi connectivity index (χ0v) is 14.3. The normalized spacial score (nSPS) is 11.9. The Morgan fingerprint density at radius 3 is 2.81 bits per heavy atom. The molecule has 0 saturated heterocycles. The average molecular weight is 352 g/mol. The number of hydrogen-bond acceptors (Lipinski definition) is 6. The smallest absolute Gasteiger partial charge is 0.238 e. The van der Waals surface area contributed by atoms with Crippen LogP contribution in [-0.4, -0.2) is 33.6 Å². The number of rotatable bonds is 5. The first-order valence-corrected chi connectivity index (χ1v) is 7.74. The highest BCUT2D eigenvalue weighted by Crippen LogP contribution is 2.25. The van der Waals surface area contributed by atoms with E-state index in [4.69, 9.17) is 10.6 Å². The van der Waals surface area contributed by atoms with Gasteiger partial charge in [0, 0.05) is 18.0 Å². The maximum atomic E-state index is 13.6. The van der Waals surface area contributed by atoms with Gasteiger partial charge in [-0.25, -0.2) is 15.0 Å². The highest BCUT2D eigenvalue weighted by Gasteiger charge is 2.10. The quantitative estimate of drug-likeness (QED) is 0.331. The number of aliphatic imine (C=N–C) groups is 1. The molecule has 3 rings (SSSR count). The van der Waals surface area contributed by atoms with Crippen LogP contribution in [0, 0.1) is 12.9 Å². The molecule has 0 unspecified atom stereocenters. The Morgan fingerprint density at radius 1 is 1.31 bits per heavy atom. The third-order valence-corrected chi connectivity index (χ3v) is 3.67. The fraction of sp³-hybridized carbons (Fsp3) is 0.111. The topological polar surface area (TPSA) is 90.7 Å². The van der Waals surface area contributed by atoms with E-state index in [-0.39, 0.29) is 5.69 Å². The van der Waals surface area contributed by atoms with Crippen molar-refractivity contribution in [1.82, 2.24) is 14.5 Å². The number of pyridine rings is 1. The minimum Gasteiger partial charge on any atom is -0.495 e. The zero-order chi connectivity index (χ0) is 18.5. The van der Waals surface area contributed by atoms with Crippen LogP contribution in [0.4, 0.5) is 10.1 Å². The van der Waals surface area contributed by atoms with Crippen LogP contribution in [0.2, 0.25) is 0 Å². The fourth-order valence-electron chi connectivity index (χ4n) is 2.39. The number of nitrogens with two attached hydrogens (primary N) is 1. The molecule has 7 nitrogen and oxygen atoms in total. The summed E-state index contributed by atoms with van der Waals surface area (Å²) in [4.78, 5) is 11.8. The maximum absolute atomic E-state index is 13.6. The Labute approximate surface area is 149 Å². The Bertz CT molecular complexity index is 979. The summed E-state index contributed by atoms with van der Waals surface area (Å²) < 4.78 is 20.9. The molecule has 0 radical (unpaired) electrons. The van der Waals surface area contributed by atoms with Gasteiger partial charge in [-0.1, -0.05) is 6.07 Å². The number of methoxy groups -OCH3 is 1. The lowest BCUT2D eigenvalue weighted by Gasteiger charge is -2.11.